The summed E-state index contributed by atoms with van der Waals surface area (Å²) in [5.41, 5.74) is 1.96. The lowest BCUT2D eigenvalue weighted by atomic mass is 9.82. The zero-order chi connectivity index (χ0) is 14.0. The Kier molecular flexibility index (Phi) is 3.93. The number of nitrogens with one attached hydrogen (secondary N) is 1. The minimum absolute atomic E-state index is 0.318. The molecule has 2 aliphatic rings. The van der Waals surface area contributed by atoms with Crippen LogP contribution in [0.3, 0.4) is 0 Å². The molecule has 3 heteroatoms. The van der Waals surface area contributed by atoms with Crippen LogP contribution in [-0.4, -0.2) is 5.72 Å². The molecule has 1 atom stereocenters. The maximum absolute atomic E-state index is 6.33. The summed E-state index contributed by atoms with van der Waals surface area (Å²) < 4.78 is 6.01. The molecule has 1 heterocycles. The van der Waals surface area contributed by atoms with Crippen molar-refractivity contribution in [3.63, 3.8) is 0 Å². The van der Waals surface area contributed by atoms with Gasteiger partial charge < -0.3 is 10.1 Å². The molecule has 20 heavy (non-hydrogen) atoms. The summed E-state index contributed by atoms with van der Waals surface area (Å²) in [6.45, 7) is 2.14. The smallest absolute Gasteiger partial charge is 0.209 e. The van der Waals surface area contributed by atoms with E-state index in [9.17, 15) is 0 Å². The minimum atomic E-state index is -0.318. The minimum Gasteiger partial charge on any atom is -0.455 e. The van der Waals surface area contributed by atoms with Crippen LogP contribution in [0.5, 0.6) is 0 Å². The fourth-order valence-electron chi connectivity index (χ4n) is 3.37. The van der Waals surface area contributed by atoms with Crippen LogP contribution in [-0.2, 0) is 11.2 Å². The number of rotatable bonds is 3. The monoisotopic (exact) mass is 291 g/mol. The summed E-state index contributed by atoms with van der Waals surface area (Å²) in [6.07, 6.45) is 7.22. The van der Waals surface area contributed by atoms with E-state index in [1.165, 1.54) is 37.7 Å². The van der Waals surface area contributed by atoms with E-state index in [-0.39, 0.29) is 5.72 Å². The number of benzene rings is 1. The number of hydrogen-bond acceptors (Lipinski definition) is 2. The Labute approximate surface area is 126 Å². The average Bonchev–Trinajstić information content (AvgIpc) is 2.77. The lowest BCUT2D eigenvalue weighted by Gasteiger charge is -2.36. The Morgan fingerprint density at radius 1 is 1.20 bits per heavy atom. The highest BCUT2D eigenvalue weighted by atomic mass is 35.5. The lowest BCUT2D eigenvalue weighted by molar-refractivity contribution is -0.0337. The molecule has 2 nitrogen and oxygen atoms in total. The quantitative estimate of drug-likeness (QED) is 0.882. The second-order valence-electron chi connectivity index (χ2n) is 6.08. The van der Waals surface area contributed by atoms with Crippen LogP contribution in [0.2, 0.25) is 0 Å². The third-order valence-electron chi connectivity index (χ3n) is 4.55. The molecule has 0 saturated heterocycles. The zero-order valence-corrected chi connectivity index (χ0v) is 12.7. The third kappa shape index (κ3) is 2.80. The van der Waals surface area contributed by atoms with Crippen LogP contribution in [0.4, 0.5) is 0 Å². The van der Waals surface area contributed by atoms with Gasteiger partial charge in [-0.3, -0.25) is 0 Å². The average molecular weight is 292 g/mol. The molecule has 0 aromatic heterocycles. The van der Waals surface area contributed by atoms with Crippen molar-refractivity contribution in [3.05, 3.63) is 46.8 Å². The van der Waals surface area contributed by atoms with E-state index in [1.54, 1.807) is 0 Å². The van der Waals surface area contributed by atoms with Crippen LogP contribution < -0.4 is 5.32 Å². The van der Waals surface area contributed by atoms with Crippen LogP contribution in [0.1, 0.15) is 44.6 Å². The largest absolute Gasteiger partial charge is 0.455 e. The highest BCUT2D eigenvalue weighted by Gasteiger charge is 2.42. The van der Waals surface area contributed by atoms with E-state index in [4.69, 9.17) is 16.3 Å². The van der Waals surface area contributed by atoms with Crippen molar-refractivity contribution >= 4 is 11.6 Å². The summed E-state index contributed by atoms with van der Waals surface area (Å²) in [5, 5.41) is 4.10. The summed E-state index contributed by atoms with van der Waals surface area (Å²) in [4.78, 5) is 0. The van der Waals surface area contributed by atoms with E-state index in [0.29, 0.717) is 11.1 Å². The molecule has 1 fully saturated rings. The molecule has 108 valence electrons. The van der Waals surface area contributed by atoms with E-state index >= 15 is 0 Å². The molecule has 1 saturated carbocycles. The van der Waals surface area contributed by atoms with Gasteiger partial charge in [-0.15, -0.1) is 0 Å². The van der Waals surface area contributed by atoms with Gasteiger partial charge in [-0.1, -0.05) is 49.6 Å². The van der Waals surface area contributed by atoms with E-state index in [2.05, 4.69) is 36.5 Å². The maximum Gasteiger partial charge on any atom is 0.209 e. The summed E-state index contributed by atoms with van der Waals surface area (Å²) in [7, 11) is 0. The van der Waals surface area contributed by atoms with Gasteiger partial charge in [-0.25, -0.2) is 0 Å². The molecule has 0 spiro atoms. The molecule has 1 aromatic rings. The standard InChI is InChI=1S/C17H22ClNO/c1-17(14-10-6-3-7-11-14)19-15(16(18)20-17)12-13-8-4-2-5-9-13/h2,4-5,8-9,14,19H,3,6-7,10-12H2,1H3. The van der Waals surface area contributed by atoms with Crippen LogP contribution >= 0.6 is 11.6 Å². The van der Waals surface area contributed by atoms with Gasteiger partial charge in [0.05, 0.1) is 5.70 Å². The molecule has 1 unspecified atom stereocenters. The van der Waals surface area contributed by atoms with Gasteiger partial charge in [0.15, 0.2) is 5.72 Å². The predicted octanol–water partition coefficient (Wildman–Crippen LogP) is 4.55. The first-order valence-corrected chi connectivity index (χ1v) is 7.95. The molecular weight excluding hydrogens is 270 g/mol. The third-order valence-corrected chi connectivity index (χ3v) is 4.85. The first kappa shape index (κ1) is 13.8. The van der Waals surface area contributed by atoms with Crippen molar-refractivity contribution < 1.29 is 4.74 Å². The van der Waals surface area contributed by atoms with Crippen LogP contribution in [0.25, 0.3) is 0 Å². The first-order valence-electron chi connectivity index (χ1n) is 7.57. The van der Waals surface area contributed by atoms with E-state index < -0.39 is 0 Å². The van der Waals surface area contributed by atoms with Gasteiger partial charge in [-0.2, -0.15) is 0 Å². The predicted molar refractivity (Wildman–Crippen MR) is 82.2 cm³/mol. The van der Waals surface area contributed by atoms with Crippen molar-refractivity contribution in [2.45, 2.75) is 51.2 Å². The summed E-state index contributed by atoms with van der Waals surface area (Å²) >= 11 is 6.33. The molecular formula is C17H22ClNO. The van der Waals surface area contributed by atoms with Gasteiger partial charge in [0.2, 0.25) is 5.22 Å². The number of ether oxygens (including phenoxy) is 1. The molecule has 1 N–H and O–H groups in total. The SMILES string of the molecule is CC1(C2CCCCC2)NC(Cc2ccccc2)=C(Cl)O1. The van der Waals surface area contributed by atoms with Gasteiger partial charge >= 0.3 is 0 Å². The highest BCUT2D eigenvalue weighted by molar-refractivity contribution is 6.28. The van der Waals surface area contributed by atoms with Crippen molar-refractivity contribution in [3.8, 4) is 0 Å². The number of allylic oxidation sites excluding steroid dienone is 1. The Morgan fingerprint density at radius 3 is 2.60 bits per heavy atom. The van der Waals surface area contributed by atoms with Gasteiger partial charge in [0.25, 0.3) is 0 Å². The first-order chi connectivity index (χ1) is 9.67. The molecule has 0 radical (unpaired) electrons. The summed E-state index contributed by atoms with van der Waals surface area (Å²) in [5.74, 6) is 0.554. The molecule has 1 aromatic carbocycles. The Balaban J connectivity index is 1.69. The van der Waals surface area contributed by atoms with E-state index in [0.717, 1.165) is 12.1 Å². The molecule has 1 aliphatic heterocycles. The second-order valence-corrected chi connectivity index (χ2v) is 6.43. The zero-order valence-electron chi connectivity index (χ0n) is 12.0. The second kappa shape index (κ2) is 5.69. The van der Waals surface area contributed by atoms with Gasteiger partial charge in [0.1, 0.15) is 0 Å². The normalized spacial score (nSPS) is 27.3. The van der Waals surface area contributed by atoms with E-state index in [1.807, 2.05) is 6.07 Å². The van der Waals surface area contributed by atoms with Gasteiger partial charge in [0, 0.05) is 12.3 Å². The highest BCUT2D eigenvalue weighted by Crippen LogP contribution is 2.40. The Bertz CT molecular complexity index is 493. The Morgan fingerprint density at radius 2 is 1.90 bits per heavy atom. The molecule has 1 aliphatic carbocycles. The van der Waals surface area contributed by atoms with Crippen molar-refractivity contribution in [2.24, 2.45) is 5.92 Å². The molecule has 3 rings (SSSR count). The lowest BCUT2D eigenvalue weighted by Crippen LogP contribution is -2.47. The Hall–Kier alpha value is -1.15. The van der Waals surface area contributed by atoms with Crippen molar-refractivity contribution in [1.29, 1.82) is 0 Å². The topological polar surface area (TPSA) is 21.3 Å². The fourth-order valence-corrected chi connectivity index (χ4v) is 3.65. The number of halogens is 1. The van der Waals surface area contributed by atoms with Crippen LogP contribution in [0.15, 0.2) is 41.2 Å². The number of hydrogen-bond donors (Lipinski definition) is 1. The molecule has 0 amide bonds. The van der Waals surface area contributed by atoms with Crippen molar-refractivity contribution in [1.82, 2.24) is 5.32 Å². The fraction of sp³-hybridized carbons (Fsp3) is 0.529. The van der Waals surface area contributed by atoms with Crippen molar-refractivity contribution in [2.75, 3.05) is 0 Å². The van der Waals surface area contributed by atoms with Crippen LogP contribution in [0, 0.1) is 5.92 Å². The molecule has 0 bridgehead atoms. The van der Waals surface area contributed by atoms with Gasteiger partial charge in [-0.05, 0) is 36.9 Å². The summed E-state index contributed by atoms with van der Waals surface area (Å²) in [6, 6.07) is 10.4. The maximum atomic E-state index is 6.33.